The van der Waals surface area contributed by atoms with Gasteiger partial charge in [-0.3, -0.25) is 9.48 Å². The first kappa shape index (κ1) is 11.2. The third-order valence-corrected chi connectivity index (χ3v) is 3.32. The average Bonchev–Trinajstić information content (AvgIpc) is 2.75. The molecule has 1 aliphatic rings. The zero-order valence-corrected chi connectivity index (χ0v) is 10.2. The number of hydrogen-bond donors (Lipinski definition) is 0. The van der Waals surface area contributed by atoms with E-state index in [9.17, 15) is 4.79 Å². The number of nitrogens with zero attached hydrogens (tertiary/aromatic N) is 3. The number of hydrogen-bond acceptors (Lipinski definition) is 2. The summed E-state index contributed by atoms with van der Waals surface area (Å²) in [6.45, 7) is 5.97. The van der Waals surface area contributed by atoms with Crippen LogP contribution in [0.15, 0.2) is 12.4 Å². The van der Waals surface area contributed by atoms with Crippen LogP contribution in [-0.2, 0) is 18.4 Å². The van der Waals surface area contributed by atoms with Gasteiger partial charge in [0.15, 0.2) is 0 Å². The average molecular weight is 221 g/mol. The smallest absolute Gasteiger partial charge is 0.223 e. The Balaban J connectivity index is 1.98. The van der Waals surface area contributed by atoms with Gasteiger partial charge in [0, 0.05) is 38.3 Å². The molecule has 1 atom stereocenters. The molecular weight excluding hydrogens is 202 g/mol. The van der Waals surface area contributed by atoms with E-state index in [0.29, 0.717) is 24.8 Å². The third kappa shape index (κ3) is 2.26. The highest BCUT2D eigenvalue weighted by molar-refractivity contribution is 5.78. The lowest BCUT2D eigenvalue weighted by atomic mass is 9.95. The molecule has 0 aliphatic carbocycles. The molecule has 1 saturated heterocycles. The number of carbonyl (C=O) groups is 1. The lowest BCUT2D eigenvalue weighted by Gasteiger charge is -2.17. The summed E-state index contributed by atoms with van der Waals surface area (Å²) < 4.78 is 1.77. The molecule has 88 valence electrons. The van der Waals surface area contributed by atoms with Gasteiger partial charge in [0.05, 0.1) is 6.20 Å². The van der Waals surface area contributed by atoms with E-state index in [1.165, 1.54) is 0 Å². The second kappa shape index (κ2) is 4.28. The Morgan fingerprint density at radius 1 is 1.56 bits per heavy atom. The molecule has 1 unspecified atom stereocenters. The Morgan fingerprint density at radius 2 is 2.31 bits per heavy atom. The fourth-order valence-electron chi connectivity index (χ4n) is 2.18. The second-order valence-corrected chi connectivity index (χ2v) is 5.00. The maximum absolute atomic E-state index is 11.8. The molecule has 4 nitrogen and oxygen atoms in total. The van der Waals surface area contributed by atoms with Gasteiger partial charge < -0.3 is 4.90 Å². The topological polar surface area (TPSA) is 38.1 Å². The maximum Gasteiger partial charge on any atom is 0.223 e. The fourth-order valence-corrected chi connectivity index (χ4v) is 2.18. The predicted molar refractivity (Wildman–Crippen MR) is 61.6 cm³/mol. The Labute approximate surface area is 96.2 Å². The maximum atomic E-state index is 11.8. The molecule has 1 fully saturated rings. The first-order chi connectivity index (χ1) is 7.56. The van der Waals surface area contributed by atoms with Crippen molar-refractivity contribution in [2.45, 2.75) is 26.8 Å². The summed E-state index contributed by atoms with van der Waals surface area (Å²) in [7, 11) is 1.90. The van der Waals surface area contributed by atoms with Crippen molar-refractivity contribution >= 4 is 5.91 Å². The summed E-state index contributed by atoms with van der Waals surface area (Å²) in [5.74, 6) is 1.38. The van der Waals surface area contributed by atoms with Crippen LogP contribution in [0.5, 0.6) is 0 Å². The van der Waals surface area contributed by atoms with E-state index in [1.54, 1.807) is 4.68 Å². The van der Waals surface area contributed by atoms with Crippen LogP contribution in [0.1, 0.15) is 25.8 Å². The predicted octanol–water partition coefficient (Wildman–Crippen LogP) is 1.42. The van der Waals surface area contributed by atoms with Crippen molar-refractivity contribution in [1.29, 1.82) is 0 Å². The number of carbonyl (C=O) groups excluding carboxylic acids is 1. The molecule has 1 aromatic heterocycles. The lowest BCUT2D eigenvalue weighted by Crippen LogP contribution is -2.24. The number of aryl methyl sites for hydroxylation is 1. The summed E-state index contributed by atoms with van der Waals surface area (Å²) in [6, 6.07) is 0. The Morgan fingerprint density at radius 3 is 2.81 bits per heavy atom. The normalized spacial score (nSPS) is 21.1. The summed E-state index contributed by atoms with van der Waals surface area (Å²) in [4.78, 5) is 13.7. The fraction of sp³-hybridized carbons (Fsp3) is 0.667. The lowest BCUT2D eigenvalue weighted by molar-refractivity contribution is -0.128. The Hall–Kier alpha value is -1.32. The van der Waals surface area contributed by atoms with E-state index in [-0.39, 0.29) is 5.91 Å². The minimum absolute atomic E-state index is 0.280. The molecular formula is C12H19N3O. The van der Waals surface area contributed by atoms with Crippen LogP contribution in [0, 0.1) is 11.8 Å². The number of aromatic nitrogens is 2. The summed E-state index contributed by atoms with van der Waals surface area (Å²) >= 11 is 0. The largest absolute Gasteiger partial charge is 0.338 e. The third-order valence-electron chi connectivity index (χ3n) is 3.32. The monoisotopic (exact) mass is 221 g/mol. The molecule has 16 heavy (non-hydrogen) atoms. The molecule has 0 N–H and O–H groups in total. The highest BCUT2D eigenvalue weighted by Crippen LogP contribution is 2.25. The molecule has 4 heteroatoms. The molecule has 0 spiro atoms. The molecule has 1 aliphatic heterocycles. The van der Waals surface area contributed by atoms with Gasteiger partial charge in [0.25, 0.3) is 0 Å². The molecule has 1 amide bonds. The highest BCUT2D eigenvalue weighted by atomic mass is 16.2. The van der Waals surface area contributed by atoms with Crippen LogP contribution in [0.2, 0.25) is 0 Å². The standard InChI is InChI=1S/C12H19N3O/c1-9(2)11-4-12(16)15(8-11)7-10-5-13-14(3)6-10/h5-6,9,11H,4,7-8H2,1-3H3. The minimum Gasteiger partial charge on any atom is -0.338 e. The van der Waals surface area contributed by atoms with Crippen LogP contribution < -0.4 is 0 Å². The molecule has 0 radical (unpaired) electrons. The van der Waals surface area contributed by atoms with Crippen molar-refractivity contribution in [3.8, 4) is 0 Å². The first-order valence-corrected chi connectivity index (χ1v) is 5.81. The quantitative estimate of drug-likeness (QED) is 0.774. The van der Waals surface area contributed by atoms with Crippen molar-refractivity contribution in [3.05, 3.63) is 18.0 Å². The van der Waals surface area contributed by atoms with Crippen molar-refractivity contribution in [3.63, 3.8) is 0 Å². The van der Waals surface area contributed by atoms with Gasteiger partial charge in [-0.15, -0.1) is 0 Å². The van der Waals surface area contributed by atoms with Gasteiger partial charge in [0.2, 0.25) is 5.91 Å². The van der Waals surface area contributed by atoms with Crippen LogP contribution >= 0.6 is 0 Å². The van der Waals surface area contributed by atoms with Gasteiger partial charge in [-0.25, -0.2) is 0 Å². The summed E-state index contributed by atoms with van der Waals surface area (Å²) in [6.07, 6.45) is 4.50. The molecule has 1 aromatic rings. The van der Waals surface area contributed by atoms with Gasteiger partial charge in [0.1, 0.15) is 0 Å². The van der Waals surface area contributed by atoms with Crippen molar-refractivity contribution in [2.24, 2.45) is 18.9 Å². The van der Waals surface area contributed by atoms with Gasteiger partial charge >= 0.3 is 0 Å². The zero-order valence-electron chi connectivity index (χ0n) is 10.2. The van der Waals surface area contributed by atoms with Gasteiger partial charge in [-0.05, 0) is 11.8 Å². The molecule has 2 rings (SSSR count). The van der Waals surface area contributed by atoms with Crippen molar-refractivity contribution < 1.29 is 4.79 Å². The van der Waals surface area contributed by atoms with E-state index in [2.05, 4.69) is 18.9 Å². The van der Waals surface area contributed by atoms with Crippen molar-refractivity contribution in [1.82, 2.24) is 14.7 Å². The molecule has 2 heterocycles. The number of rotatable bonds is 3. The minimum atomic E-state index is 0.280. The van der Waals surface area contributed by atoms with E-state index < -0.39 is 0 Å². The van der Waals surface area contributed by atoms with E-state index >= 15 is 0 Å². The zero-order chi connectivity index (χ0) is 11.7. The Bertz CT molecular complexity index is 383. The van der Waals surface area contributed by atoms with E-state index in [0.717, 1.165) is 12.1 Å². The summed E-state index contributed by atoms with van der Waals surface area (Å²) in [5.41, 5.74) is 1.11. The molecule has 0 bridgehead atoms. The van der Waals surface area contributed by atoms with E-state index in [1.807, 2.05) is 24.3 Å². The number of amides is 1. The number of likely N-dealkylation sites (tertiary alicyclic amines) is 1. The highest BCUT2D eigenvalue weighted by Gasteiger charge is 2.31. The summed E-state index contributed by atoms with van der Waals surface area (Å²) in [5, 5.41) is 4.12. The van der Waals surface area contributed by atoms with Gasteiger partial charge in [-0.1, -0.05) is 13.8 Å². The van der Waals surface area contributed by atoms with Crippen molar-refractivity contribution in [2.75, 3.05) is 6.54 Å². The van der Waals surface area contributed by atoms with E-state index in [4.69, 9.17) is 0 Å². The van der Waals surface area contributed by atoms with Crippen LogP contribution in [0.25, 0.3) is 0 Å². The first-order valence-electron chi connectivity index (χ1n) is 5.81. The van der Waals surface area contributed by atoms with Crippen LogP contribution in [0.4, 0.5) is 0 Å². The molecule has 0 saturated carbocycles. The second-order valence-electron chi connectivity index (χ2n) is 5.00. The Kier molecular flexibility index (Phi) is 2.99. The van der Waals surface area contributed by atoms with Crippen LogP contribution in [-0.4, -0.2) is 27.1 Å². The van der Waals surface area contributed by atoms with Crippen LogP contribution in [0.3, 0.4) is 0 Å². The molecule has 0 aromatic carbocycles. The SMILES string of the molecule is CC(C)C1CC(=O)N(Cc2cnn(C)c2)C1. The van der Waals surface area contributed by atoms with Gasteiger partial charge in [-0.2, -0.15) is 5.10 Å².